The van der Waals surface area contributed by atoms with Gasteiger partial charge < -0.3 is 25.1 Å². The van der Waals surface area contributed by atoms with Crippen LogP contribution in [0.3, 0.4) is 0 Å². The number of aliphatic hydroxyl groups excluding tert-OH is 2. The number of hydrogen-bond acceptors (Lipinski definition) is 4. The molecule has 3 aliphatic heterocycles. The zero-order chi connectivity index (χ0) is 14.4. The molecule has 0 saturated carbocycles. The third-order valence-corrected chi connectivity index (χ3v) is 4.74. The SMILES string of the molecule is O=C(O)[C@@H]1C[C@@H](O)CN1C(=O)N1C2CCC1CC(O)C2. The first-order valence-corrected chi connectivity index (χ1v) is 7.15. The van der Waals surface area contributed by atoms with Crippen LogP contribution in [0.5, 0.6) is 0 Å². The van der Waals surface area contributed by atoms with Crippen LogP contribution in [0.2, 0.25) is 0 Å². The largest absolute Gasteiger partial charge is 0.480 e. The van der Waals surface area contributed by atoms with E-state index in [1.807, 2.05) is 0 Å². The summed E-state index contributed by atoms with van der Waals surface area (Å²) in [4.78, 5) is 26.8. The van der Waals surface area contributed by atoms with Gasteiger partial charge in [0.05, 0.1) is 12.2 Å². The van der Waals surface area contributed by atoms with Crippen molar-refractivity contribution in [3.63, 3.8) is 0 Å². The summed E-state index contributed by atoms with van der Waals surface area (Å²) < 4.78 is 0. The number of carbonyl (C=O) groups is 2. The minimum Gasteiger partial charge on any atom is -0.480 e. The van der Waals surface area contributed by atoms with Gasteiger partial charge in [-0.05, 0) is 25.7 Å². The fraction of sp³-hybridized carbons (Fsp3) is 0.846. The summed E-state index contributed by atoms with van der Waals surface area (Å²) >= 11 is 0. The molecule has 112 valence electrons. The molecule has 3 fully saturated rings. The van der Waals surface area contributed by atoms with Crippen LogP contribution >= 0.6 is 0 Å². The van der Waals surface area contributed by atoms with Crippen molar-refractivity contribution in [1.82, 2.24) is 9.80 Å². The lowest BCUT2D eigenvalue weighted by Crippen LogP contribution is -2.55. The number of likely N-dealkylation sites (tertiary alicyclic amines) is 1. The van der Waals surface area contributed by atoms with Gasteiger partial charge in [-0.15, -0.1) is 0 Å². The Labute approximate surface area is 116 Å². The highest BCUT2D eigenvalue weighted by atomic mass is 16.4. The summed E-state index contributed by atoms with van der Waals surface area (Å²) in [6.07, 6.45) is 1.81. The van der Waals surface area contributed by atoms with E-state index in [-0.39, 0.29) is 37.2 Å². The normalized spacial score (nSPS) is 40.2. The highest BCUT2D eigenvalue weighted by Crippen LogP contribution is 2.37. The second kappa shape index (κ2) is 4.89. The summed E-state index contributed by atoms with van der Waals surface area (Å²) in [5.74, 6) is -1.07. The predicted molar refractivity (Wildman–Crippen MR) is 68.0 cm³/mol. The molecule has 0 radical (unpaired) electrons. The number of carboxylic acid groups (broad SMARTS) is 1. The van der Waals surface area contributed by atoms with E-state index in [2.05, 4.69) is 0 Å². The summed E-state index contributed by atoms with van der Waals surface area (Å²) in [7, 11) is 0. The molecule has 3 N–H and O–H groups in total. The average Bonchev–Trinajstić information content (AvgIpc) is 2.88. The molecule has 20 heavy (non-hydrogen) atoms. The lowest BCUT2D eigenvalue weighted by Gasteiger charge is -2.40. The standard InChI is InChI=1S/C13H20N2O5/c16-9-3-7-1-2-8(4-9)15(7)13(20)14-6-10(17)5-11(14)12(18)19/h7-11,16-17H,1-6H2,(H,18,19)/t7?,8?,9?,10-,11+/m1/s1. The van der Waals surface area contributed by atoms with Crippen molar-refractivity contribution in [3.05, 3.63) is 0 Å². The Morgan fingerprint density at radius 2 is 1.55 bits per heavy atom. The Kier molecular flexibility index (Phi) is 3.33. The lowest BCUT2D eigenvalue weighted by molar-refractivity contribution is -0.141. The summed E-state index contributed by atoms with van der Waals surface area (Å²) in [5, 5.41) is 28.6. The smallest absolute Gasteiger partial charge is 0.326 e. The molecule has 0 aromatic carbocycles. The second-order valence-electron chi connectivity index (χ2n) is 6.10. The fourth-order valence-corrected chi connectivity index (χ4v) is 3.87. The number of carbonyl (C=O) groups excluding carboxylic acids is 1. The zero-order valence-electron chi connectivity index (χ0n) is 11.2. The van der Waals surface area contributed by atoms with E-state index in [1.54, 1.807) is 4.90 Å². The molecule has 0 aromatic rings. The maximum Gasteiger partial charge on any atom is 0.326 e. The third kappa shape index (κ3) is 2.14. The minimum atomic E-state index is -1.07. The van der Waals surface area contributed by atoms with Gasteiger partial charge in [-0.2, -0.15) is 0 Å². The van der Waals surface area contributed by atoms with E-state index >= 15 is 0 Å². The van der Waals surface area contributed by atoms with Crippen molar-refractivity contribution in [1.29, 1.82) is 0 Å². The number of piperidine rings is 1. The van der Waals surface area contributed by atoms with Gasteiger partial charge in [-0.25, -0.2) is 9.59 Å². The summed E-state index contributed by atoms with van der Waals surface area (Å²) in [6.45, 7) is 0.0777. The molecule has 2 amide bonds. The van der Waals surface area contributed by atoms with Gasteiger partial charge >= 0.3 is 12.0 Å². The maximum absolute atomic E-state index is 12.6. The Morgan fingerprint density at radius 1 is 0.950 bits per heavy atom. The van der Waals surface area contributed by atoms with E-state index in [0.717, 1.165) is 12.8 Å². The third-order valence-electron chi connectivity index (χ3n) is 4.74. The topological polar surface area (TPSA) is 101 Å². The number of aliphatic carboxylic acids is 1. The van der Waals surface area contributed by atoms with Crippen LogP contribution < -0.4 is 0 Å². The number of rotatable bonds is 1. The van der Waals surface area contributed by atoms with Gasteiger partial charge in [0.2, 0.25) is 0 Å². The van der Waals surface area contributed by atoms with Crippen molar-refractivity contribution in [2.24, 2.45) is 0 Å². The van der Waals surface area contributed by atoms with Crippen molar-refractivity contribution in [3.8, 4) is 0 Å². The quantitative estimate of drug-likeness (QED) is 0.609. The molecular weight excluding hydrogens is 264 g/mol. The first kappa shape index (κ1) is 13.6. The zero-order valence-corrected chi connectivity index (χ0v) is 11.2. The number of β-amino-alcohol motifs (C(OH)–C–C–N with tert-alkyl or cyclic N) is 1. The van der Waals surface area contributed by atoms with E-state index in [0.29, 0.717) is 12.8 Å². The summed E-state index contributed by atoms with van der Waals surface area (Å²) in [5.41, 5.74) is 0. The summed E-state index contributed by atoms with van der Waals surface area (Å²) in [6, 6.07) is -1.23. The lowest BCUT2D eigenvalue weighted by atomic mass is 10.0. The number of amides is 2. The number of urea groups is 1. The molecule has 0 aromatic heterocycles. The number of carboxylic acids is 1. The Bertz CT molecular complexity index is 415. The Balaban J connectivity index is 1.77. The molecule has 3 rings (SSSR count). The monoisotopic (exact) mass is 284 g/mol. The highest BCUT2D eigenvalue weighted by Gasteiger charge is 2.48. The van der Waals surface area contributed by atoms with Crippen LogP contribution in [0, 0.1) is 0 Å². The van der Waals surface area contributed by atoms with Crippen LogP contribution in [-0.4, -0.2) is 74.0 Å². The van der Waals surface area contributed by atoms with E-state index in [1.165, 1.54) is 4.90 Å². The molecule has 0 spiro atoms. The second-order valence-corrected chi connectivity index (χ2v) is 6.10. The molecule has 2 unspecified atom stereocenters. The first-order chi connectivity index (χ1) is 9.47. The van der Waals surface area contributed by atoms with Gasteiger partial charge in [0.15, 0.2) is 0 Å². The predicted octanol–water partition coefficient (Wildman–Crippen LogP) is -0.386. The van der Waals surface area contributed by atoms with Gasteiger partial charge in [-0.3, -0.25) is 0 Å². The van der Waals surface area contributed by atoms with Gasteiger partial charge in [-0.1, -0.05) is 0 Å². The molecule has 7 nitrogen and oxygen atoms in total. The van der Waals surface area contributed by atoms with Crippen LogP contribution in [0.1, 0.15) is 32.1 Å². The van der Waals surface area contributed by atoms with Crippen LogP contribution in [0.25, 0.3) is 0 Å². The fourth-order valence-electron chi connectivity index (χ4n) is 3.87. The van der Waals surface area contributed by atoms with Crippen LogP contribution in [0.15, 0.2) is 0 Å². The van der Waals surface area contributed by atoms with Gasteiger partial charge in [0.1, 0.15) is 6.04 Å². The van der Waals surface area contributed by atoms with Crippen molar-refractivity contribution in [2.75, 3.05) is 6.54 Å². The number of aliphatic hydroxyl groups is 2. The number of nitrogens with zero attached hydrogens (tertiary/aromatic N) is 2. The van der Waals surface area contributed by atoms with Crippen molar-refractivity contribution in [2.45, 2.75) is 62.4 Å². The molecule has 3 aliphatic rings. The van der Waals surface area contributed by atoms with Crippen molar-refractivity contribution < 1.29 is 24.9 Å². The van der Waals surface area contributed by atoms with Gasteiger partial charge in [0, 0.05) is 25.0 Å². The van der Waals surface area contributed by atoms with Gasteiger partial charge in [0.25, 0.3) is 0 Å². The van der Waals surface area contributed by atoms with Crippen LogP contribution in [-0.2, 0) is 4.79 Å². The molecule has 3 saturated heterocycles. The number of fused-ring (bicyclic) bond motifs is 2. The highest BCUT2D eigenvalue weighted by molar-refractivity contribution is 5.84. The van der Waals surface area contributed by atoms with Crippen LogP contribution in [0.4, 0.5) is 4.79 Å². The number of hydrogen-bond donors (Lipinski definition) is 3. The molecule has 2 bridgehead atoms. The van der Waals surface area contributed by atoms with E-state index in [4.69, 9.17) is 0 Å². The molecule has 3 heterocycles. The molecule has 7 heteroatoms. The van der Waals surface area contributed by atoms with Crippen molar-refractivity contribution >= 4 is 12.0 Å². The van der Waals surface area contributed by atoms with E-state index in [9.17, 15) is 24.9 Å². The first-order valence-electron chi connectivity index (χ1n) is 7.15. The Hall–Kier alpha value is -1.34. The molecule has 4 atom stereocenters. The minimum absolute atomic E-state index is 0.00318. The maximum atomic E-state index is 12.6. The molecule has 0 aliphatic carbocycles. The van der Waals surface area contributed by atoms with E-state index < -0.39 is 18.1 Å². The molecular formula is C13H20N2O5. The Morgan fingerprint density at radius 3 is 2.10 bits per heavy atom. The average molecular weight is 284 g/mol.